The number of carbonyl (C=O) groups excluding carboxylic acids is 2. The molecule has 0 amide bonds. The molecule has 0 bridgehead atoms. The van der Waals surface area contributed by atoms with Crippen LogP contribution in [0, 0.1) is 11.8 Å². The van der Waals surface area contributed by atoms with E-state index in [9.17, 15) is 9.59 Å². The molecule has 1 rings (SSSR count). The zero-order valence-corrected chi connectivity index (χ0v) is 9.62. The van der Waals surface area contributed by atoms with Gasteiger partial charge in [0.2, 0.25) is 5.78 Å². The summed E-state index contributed by atoms with van der Waals surface area (Å²) in [6.07, 6.45) is 4.93. The highest BCUT2D eigenvalue weighted by Gasteiger charge is 2.25. The highest BCUT2D eigenvalue weighted by atomic mass is 16.5. The van der Waals surface area contributed by atoms with Gasteiger partial charge in [-0.05, 0) is 25.2 Å². The van der Waals surface area contributed by atoms with Crippen molar-refractivity contribution in [2.45, 2.75) is 46.0 Å². The van der Waals surface area contributed by atoms with Crippen LogP contribution >= 0.6 is 0 Å². The van der Waals surface area contributed by atoms with Crippen LogP contribution in [0.2, 0.25) is 0 Å². The van der Waals surface area contributed by atoms with Gasteiger partial charge in [-0.15, -0.1) is 0 Å². The summed E-state index contributed by atoms with van der Waals surface area (Å²) in [6, 6.07) is 0. The van der Waals surface area contributed by atoms with Gasteiger partial charge in [0.25, 0.3) is 0 Å². The molecule has 15 heavy (non-hydrogen) atoms. The van der Waals surface area contributed by atoms with Crippen LogP contribution in [0.4, 0.5) is 0 Å². The van der Waals surface area contributed by atoms with Gasteiger partial charge in [0.1, 0.15) is 0 Å². The molecule has 0 saturated heterocycles. The summed E-state index contributed by atoms with van der Waals surface area (Å²) in [6.45, 7) is 4.22. The van der Waals surface area contributed by atoms with E-state index in [-0.39, 0.29) is 12.4 Å². The summed E-state index contributed by atoms with van der Waals surface area (Å²) in [7, 11) is 0. The number of ether oxygens (including phenoxy) is 1. The Balaban J connectivity index is 2.24. The first kappa shape index (κ1) is 12.2. The maximum Gasteiger partial charge on any atom is 0.374 e. The molecule has 0 aliphatic heterocycles. The second kappa shape index (κ2) is 5.89. The Kier molecular flexibility index (Phi) is 4.79. The van der Waals surface area contributed by atoms with E-state index in [1.54, 1.807) is 6.92 Å². The minimum Gasteiger partial charge on any atom is -0.460 e. The second-order valence-electron chi connectivity index (χ2n) is 4.35. The summed E-state index contributed by atoms with van der Waals surface area (Å²) in [5.41, 5.74) is 0. The third kappa shape index (κ3) is 3.65. The Hall–Kier alpha value is -0.860. The summed E-state index contributed by atoms with van der Waals surface area (Å²) in [5.74, 6) is 0.308. The van der Waals surface area contributed by atoms with Gasteiger partial charge >= 0.3 is 5.97 Å². The second-order valence-corrected chi connectivity index (χ2v) is 4.35. The van der Waals surface area contributed by atoms with Crippen LogP contribution in [-0.4, -0.2) is 18.4 Å². The molecule has 2 unspecified atom stereocenters. The quantitative estimate of drug-likeness (QED) is 0.519. The number of esters is 1. The monoisotopic (exact) mass is 212 g/mol. The van der Waals surface area contributed by atoms with Gasteiger partial charge in [0.15, 0.2) is 0 Å². The number of Topliss-reactive ketones (excluding diaryl/α,β-unsaturated/α-hetero) is 1. The molecular weight excluding hydrogens is 192 g/mol. The smallest absolute Gasteiger partial charge is 0.374 e. The maximum atomic E-state index is 11.3. The molecular formula is C12H20O3. The van der Waals surface area contributed by atoms with Crippen LogP contribution in [0.25, 0.3) is 0 Å². The fourth-order valence-corrected chi connectivity index (χ4v) is 2.28. The average molecular weight is 212 g/mol. The van der Waals surface area contributed by atoms with Gasteiger partial charge in [0.05, 0.1) is 6.61 Å². The fraction of sp³-hybridized carbons (Fsp3) is 0.833. The summed E-state index contributed by atoms with van der Waals surface area (Å²) < 4.78 is 4.66. The molecule has 0 radical (unpaired) electrons. The standard InChI is InChI=1S/C12H20O3/c1-3-15-12(14)11(13)8-7-10-6-4-5-9(10)2/h9-10H,3-8H2,1-2H3. The van der Waals surface area contributed by atoms with E-state index in [2.05, 4.69) is 11.7 Å². The molecule has 3 nitrogen and oxygen atoms in total. The van der Waals surface area contributed by atoms with Gasteiger partial charge in [0, 0.05) is 6.42 Å². The van der Waals surface area contributed by atoms with E-state index in [1.807, 2.05) is 0 Å². The fourth-order valence-electron chi connectivity index (χ4n) is 2.28. The zero-order valence-electron chi connectivity index (χ0n) is 9.62. The van der Waals surface area contributed by atoms with Crippen molar-refractivity contribution in [2.24, 2.45) is 11.8 Å². The van der Waals surface area contributed by atoms with Crippen LogP contribution in [0.1, 0.15) is 46.0 Å². The van der Waals surface area contributed by atoms with Gasteiger partial charge in [-0.2, -0.15) is 0 Å². The minimum atomic E-state index is -0.664. The molecule has 0 aromatic heterocycles. The molecule has 0 heterocycles. The summed E-state index contributed by atoms with van der Waals surface area (Å²) in [4.78, 5) is 22.4. The summed E-state index contributed by atoms with van der Waals surface area (Å²) >= 11 is 0. The minimum absolute atomic E-state index is 0.282. The van der Waals surface area contributed by atoms with Crippen molar-refractivity contribution in [3.63, 3.8) is 0 Å². The third-order valence-electron chi connectivity index (χ3n) is 3.28. The molecule has 1 aliphatic rings. The molecule has 2 atom stereocenters. The van der Waals surface area contributed by atoms with Gasteiger partial charge in [-0.25, -0.2) is 4.79 Å². The lowest BCUT2D eigenvalue weighted by atomic mass is 9.92. The van der Waals surface area contributed by atoms with E-state index in [0.29, 0.717) is 18.3 Å². The number of hydrogen-bond acceptors (Lipinski definition) is 3. The van der Waals surface area contributed by atoms with Crippen LogP contribution in [0.5, 0.6) is 0 Å². The lowest BCUT2D eigenvalue weighted by molar-refractivity contribution is -0.153. The molecule has 86 valence electrons. The van der Waals surface area contributed by atoms with Crippen molar-refractivity contribution in [3.8, 4) is 0 Å². The SMILES string of the molecule is CCOC(=O)C(=O)CCC1CCCC1C. The molecule has 0 N–H and O–H groups in total. The first-order chi connectivity index (χ1) is 7.15. The van der Waals surface area contributed by atoms with Crippen molar-refractivity contribution in [1.29, 1.82) is 0 Å². The van der Waals surface area contributed by atoms with E-state index < -0.39 is 5.97 Å². The molecule has 0 aromatic rings. The summed E-state index contributed by atoms with van der Waals surface area (Å²) in [5, 5.41) is 0. The van der Waals surface area contributed by atoms with Crippen molar-refractivity contribution >= 4 is 11.8 Å². The normalized spacial score (nSPS) is 25.2. The highest BCUT2D eigenvalue weighted by molar-refractivity contribution is 6.33. The van der Waals surface area contributed by atoms with Crippen LogP contribution in [-0.2, 0) is 14.3 Å². The van der Waals surface area contributed by atoms with Crippen molar-refractivity contribution in [2.75, 3.05) is 6.61 Å². The highest BCUT2D eigenvalue weighted by Crippen LogP contribution is 2.34. The van der Waals surface area contributed by atoms with E-state index in [1.165, 1.54) is 19.3 Å². The van der Waals surface area contributed by atoms with Crippen LogP contribution in [0.15, 0.2) is 0 Å². The number of rotatable bonds is 5. The van der Waals surface area contributed by atoms with E-state index in [4.69, 9.17) is 0 Å². The molecule has 1 aliphatic carbocycles. The molecule has 3 heteroatoms. The number of hydrogen-bond donors (Lipinski definition) is 0. The molecule has 0 aromatic carbocycles. The molecule has 1 fully saturated rings. The largest absolute Gasteiger partial charge is 0.460 e. The predicted molar refractivity (Wildman–Crippen MR) is 57.4 cm³/mol. The van der Waals surface area contributed by atoms with Crippen molar-refractivity contribution < 1.29 is 14.3 Å². The Morgan fingerprint density at radius 3 is 2.60 bits per heavy atom. The van der Waals surface area contributed by atoms with Crippen molar-refractivity contribution in [1.82, 2.24) is 0 Å². The lowest BCUT2D eigenvalue weighted by Gasteiger charge is -2.13. The molecule has 0 spiro atoms. The topological polar surface area (TPSA) is 43.4 Å². The average Bonchev–Trinajstić information content (AvgIpc) is 2.61. The Morgan fingerprint density at radius 2 is 2.07 bits per heavy atom. The number of carbonyl (C=O) groups is 2. The van der Waals surface area contributed by atoms with E-state index in [0.717, 1.165) is 6.42 Å². The van der Waals surface area contributed by atoms with Crippen LogP contribution in [0.3, 0.4) is 0 Å². The first-order valence-electron chi connectivity index (χ1n) is 5.85. The Morgan fingerprint density at radius 1 is 1.33 bits per heavy atom. The van der Waals surface area contributed by atoms with Crippen LogP contribution < -0.4 is 0 Å². The van der Waals surface area contributed by atoms with Gasteiger partial charge in [-0.3, -0.25) is 4.79 Å². The maximum absolute atomic E-state index is 11.3. The van der Waals surface area contributed by atoms with Gasteiger partial charge < -0.3 is 4.74 Å². The van der Waals surface area contributed by atoms with Crippen molar-refractivity contribution in [3.05, 3.63) is 0 Å². The molecule has 1 saturated carbocycles. The zero-order chi connectivity index (χ0) is 11.3. The lowest BCUT2D eigenvalue weighted by Crippen LogP contribution is -2.18. The first-order valence-corrected chi connectivity index (χ1v) is 5.85. The third-order valence-corrected chi connectivity index (χ3v) is 3.28. The van der Waals surface area contributed by atoms with E-state index >= 15 is 0 Å². The number of ketones is 1. The Labute approximate surface area is 91.2 Å². The van der Waals surface area contributed by atoms with Gasteiger partial charge in [-0.1, -0.05) is 26.2 Å². The Bertz CT molecular complexity index is 235. The predicted octanol–water partition coefficient (Wildman–Crippen LogP) is 2.33.